The number of rotatable bonds is 2. The van der Waals surface area contributed by atoms with Crippen LogP contribution in [-0.2, 0) is 0 Å². The number of benzene rings is 1. The van der Waals surface area contributed by atoms with E-state index in [1.54, 1.807) is 0 Å². The molecule has 3 N–H and O–H groups in total. The Morgan fingerprint density at radius 1 is 1.22 bits per heavy atom. The number of hydrogen-bond acceptors (Lipinski definition) is 2. The van der Waals surface area contributed by atoms with Crippen LogP contribution in [0.4, 0.5) is 10.5 Å². The second-order valence-electron chi connectivity index (χ2n) is 4.92. The van der Waals surface area contributed by atoms with E-state index in [4.69, 9.17) is 0 Å². The lowest BCUT2D eigenvalue weighted by Crippen LogP contribution is -2.46. The van der Waals surface area contributed by atoms with E-state index in [0.717, 1.165) is 36.9 Å². The zero-order valence-corrected chi connectivity index (χ0v) is 10.6. The van der Waals surface area contributed by atoms with Crippen LogP contribution in [-0.4, -0.2) is 23.3 Å². The van der Waals surface area contributed by atoms with E-state index >= 15 is 0 Å². The van der Waals surface area contributed by atoms with E-state index < -0.39 is 6.10 Å². The standard InChI is InChI=1S/C14H20N2O2/c1-10-6-8-11(9-7-10)15-14(18)16-12-4-2-3-5-13(12)17/h6-9,12-13,17H,2-5H2,1H3,(H2,15,16,18)/t12-,13+/m1/s1. The highest BCUT2D eigenvalue weighted by Gasteiger charge is 2.24. The Morgan fingerprint density at radius 2 is 1.89 bits per heavy atom. The number of aliphatic hydroxyl groups excluding tert-OH is 1. The minimum absolute atomic E-state index is 0.121. The van der Waals surface area contributed by atoms with Gasteiger partial charge in [-0.25, -0.2) is 4.79 Å². The summed E-state index contributed by atoms with van der Waals surface area (Å²) in [5.74, 6) is 0. The van der Waals surface area contributed by atoms with Gasteiger partial charge in [-0.15, -0.1) is 0 Å². The van der Waals surface area contributed by atoms with E-state index in [0.29, 0.717) is 0 Å². The first-order chi connectivity index (χ1) is 8.65. The molecule has 0 radical (unpaired) electrons. The highest BCUT2D eigenvalue weighted by molar-refractivity contribution is 5.89. The maximum Gasteiger partial charge on any atom is 0.319 e. The van der Waals surface area contributed by atoms with Crippen molar-refractivity contribution < 1.29 is 9.90 Å². The van der Waals surface area contributed by atoms with E-state index in [1.165, 1.54) is 0 Å². The summed E-state index contributed by atoms with van der Waals surface area (Å²) in [6.45, 7) is 2.00. The van der Waals surface area contributed by atoms with Crippen molar-refractivity contribution in [3.05, 3.63) is 29.8 Å². The van der Waals surface area contributed by atoms with Crippen LogP contribution in [0.2, 0.25) is 0 Å². The summed E-state index contributed by atoms with van der Waals surface area (Å²) in [6, 6.07) is 7.27. The quantitative estimate of drug-likeness (QED) is 0.752. The molecule has 0 spiro atoms. The van der Waals surface area contributed by atoms with Crippen molar-refractivity contribution in [2.24, 2.45) is 0 Å². The minimum Gasteiger partial charge on any atom is -0.391 e. The lowest BCUT2D eigenvalue weighted by molar-refractivity contribution is 0.0955. The molecule has 1 fully saturated rings. The summed E-state index contributed by atoms with van der Waals surface area (Å²) in [6.07, 6.45) is 3.31. The van der Waals surface area contributed by atoms with Gasteiger partial charge in [-0.3, -0.25) is 0 Å². The van der Waals surface area contributed by atoms with E-state index in [-0.39, 0.29) is 12.1 Å². The third-order valence-electron chi connectivity index (χ3n) is 3.36. The Kier molecular flexibility index (Phi) is 4.20. The molecule has 0 saturated heterocycles. The zero-order chi connectivity index (χ0) is 13.0. The maximum absolute atomic E-state index is 11.8. The Balaban J connectivity index is 1.86. The normalized spacial score (nSPS) is 23.4. The molecule has 0 bridgehead atoms. The predicted molar refractivity (Wildman–Crippen MR) is 71.6 cm³/mol. The molecule has 1 aliphatic carbocycles. The lowest BCUT2D eigenvalue weighted by atomic mass is 9.93. The molecule has 1 aliphatic rings. The highest BCUT2D eigenvalue weighted by Crippen LogP contribution is 2.18. The molecule has 0 aliphatic heterocycles. The number of aryl methyl sites for hydroxylation is 1. The Labute approximate surface area is 107 Å². The predicted octanol–water partition coefficient (Wildman–Crippen LogP) is 2.42. The van der Waals surface area contributed by atoms with Crippen molar-refractivity contribution in [1.29, 1.82) is 0 Å². The largest absolute Gasteiger partial charge is 0.391 e. The maximum atomic E-state index is 11.8. The molecule has 1 saturated carbocycles. The molecule has 2 atom stereocenters. The molecule has 4 nitrogen and oxygen atoms in total. The molecule has 4 heteroatoms. The van der Waals surface area contributed by atoms with Crippen LogP contribution in [0.3, 0.4) is 0 Å². The molecule has 1 aromatic rings. The van der Waals surface area contributed by atoms with Crippen molar-refractivity contribution in [1.82, 2.24) is 5.32 Å². The number of hydrogen-bond donors (Lipinski definition) is 3. The fourth-order valence-corrected chi connectivity index (χ4v) is 2.25. The van der Waals surface area contributed by atoms with Gasteiger partial charge in [-0.2, -0.15) is 0 Å². The van der Waals surface area contributed by atoms with Crippen LogP contribution >= 0.6 is 0 Å². The summed E-state index contributed by atoms with van der Waals surface area (Å²) < 4.78 is 0. The van der Waals surface area contributed by atoms with E-state index in [9.17, 15) is 9.90 Å². The zero-order valence-electron chi connectivity index (χ0n) is 10.6. The fraction of sp³-hybridized carbons (Fsp3) is 0.500. The molecular formula is C14H20N2O2. The number of anilines is 1. The third kappa shape index (κ3) is 3.47. The van der Waals surface area contributed by atoms with Crippen molar-refractivity contribution in [2.75, 3.05) is 5.32 Å². The molecule has 0 unspecified atom stereocenters. The molecule has 2 amide bonds. The number of urea groups is 1. The van der Waals surface area contributed by atoms with Gasteiger partial charge in [0.25, 0.3) is 0 Å². The molecular weight excluding hydrogens is 228 g/mol. The Bertz CT molecular complexity index is 403. The molecule has 2 rings (SSSR count). The van der Waals surface area contributed by atoms with Gasteiger partial charge in [0.15, 0.2) is 0 Å². The SMILES string of the molecule is Cc1ccc(NC(=O)N[C@@H]2CCCC[C@@H]2O)cc1. The van der Waals surface area contributed by atoms with Crippen LogP contribution < -0.4 is 10.6 Å². The molecule has 0 heterocycles. The molecule has 1 aromatic carbocycles. The smallest absolute Gasteiger partial charge is 0.319 e. The summed E-state index contributed by atoms with van der Waals surface area (Å²) in [5.41, 5.74) is 1.92. The fourth-order valence-electron chi connectivity index (χ4n) is 2.25. The van der Waals surface area contributed by atoms with Gasteiger partial charge < -0.3 is 15.7 Å². The topological polar surface area (TPSA) is 61.4 Å². The first-order valence-corrected chi connectivity index (χ1v) is 6.47. The summed E-state index contributed by atoms with van der Waals surface area (Å²) in [7, 11) is 0. The van der Waals surface area contributed by atoms with Crippen LogP contribution in [0.25, 0.3) is 0 Å². The van der Waals surface area contributed by atoms with Crippen LogP contribution in [0.5, 0.6) is 0 Å². The van der Waals surface area contributed by atoms with Crippen molar-refractivity contribution in [3.63, 3.8) is 0 Å². The van der Waals surface area contributed by atoms with E-state index in [1.807, 2.05) is 31.2 Å². The number of nitrogens with one attached hydrogen (secondary N) is 2. The van der Waals surface area contributed by atoms with Crippen LogP contribution in [0.1, 0.15) is 31.2 Å². The second-order valence-corrected chi connectivity index (χ2v) is 4.92. The first-order valence-electron chi connectivity index (χ1n) is 6.47. The Hall–Kier alpha value is -1.55. The molecule has 98 valence electrons. The third-order valence-corrected chi connectivity index (χ3v) is 3.36. The number of aliphatic hydroxyl groups is 1. The molecule has 0 aromatic heterocycles. The average Bonchev–Trinajstić information content (AvgIpc) is 2.35. The van der Waals surface area contributed by atoms with Gasteiger partial charge >= 0.3 is 6.03 Å². The lowest BCUT2D eigenvalue weighted by Gasteiger charge is -2.28. The summed E-state index contributed by atoms with van der Waals surface area (Å²) >= 11 is 0. The monoisotopic (exact) mass is 248 g/mol. The summed E-state index contributed by atoms with van der Waals surface area (Å²) in [5, 5.41) is 15.4. The van der Waals surface area contributed by atoms with Gasteiger partial charge in [0.2, 0.25) is 0 Å². The second kappa shape index (κ2) is 5.87. The van der Waals surface area contributed by atoms with Crippen LogP contribution in [0, 0.1) is 6.92 Å². The number of amides is 2. The van der Waals surface area contributed by atoms with Gasteiger partial charge in [0.1, 0.15) is 0 Å². The van der Waals surface area contributed by atoms with Gasteiger partial charge in [0, 0.05) is 5.69 Å². The van der Waals surface area contributed by atoms with Gasteiger partial charge in [0.05, 0.1) is 12.1 Å². The van der Waals surface area contributed by atoms with E-state index in [2.05, 4.69) is 10.6 Å². The van der Waals surface area contributed by atoms with Crippen molar-refractivity contribution >= 4 is 11.7 Å². The van der Waals surface area contributed by atoms with Gasteiger partial charge in [-0.1, -0.05) is 30.5 Å². The van der Waals surface area contributed by atoms with Crippen LogP contribution in [0.15, 0.2) is 24.3 Å². The van der Waals surface area contributed by atoms with Crippen molar-refractivity contribution in [3.8, 4) is 0 Å². The van der Waals surface area contributed by atoms with Crippen molar-refractivity contribution in [2.45, 2.75) is 44.8 Å². The molecule has 18 heavy (non-hydrogen) atoms. The highest BCUT2D eigenvalue weighted by atomic mass is 16.3. The van der Waals surface area contributed by atoms with Gasteiger partial charge in [-0.05, 0) is 31.9 Å². The average molecular weight is 248 g/mol. The number of carbonyl (C=O) groups is 1. The number of carbonyl (C=O) groups excluding carboxylic acids is 1. The minimum atomic E-state index is -0.414. The summed E-state index contributed by atoms with van der Waals surface area (Å²) in [4.78, 5) is 11.8. The Morgan fingerprint density at radius 3 is 2.56 bits per heavy atom. The first kappa shape index (κ1) is 12.9.